The normalized spacial score (nSPS) is 10.5. The first-order valence-electron chi connectivity index (χ1n) is 4.70. The van der Waals surface area contributed by atoms with Crippen molar-refractivity contribution in [1.82, 2.24) is 0 Å². The number of anilines is 2. The number of hydrogen-bond acceptors (Lipinski definition) is 2. The number of nitrogen functional groups attached to an aromatic ring is 1. The lowest BCUT2D eigenvalue weighted by atomic mass is 10.0. The second-order valence-corrected chi connectivity index (χ2v) is 3.73. The molecular formula is C11H18N2. The third kappa shape index (κ3) is 2.38. The summed E-state index contributed by atoms with van der Waals surface area (Å²) < 4.78 is 0. The largest absolute Gasteiger partial charge is 0.397 e. The molecule has 0 bridgehead atoms. The molecule has 0 unspecified atom stereocenters. The van der Waals surface area contributed by atoms with Crippen molar-refractivity contribution in [1.29, 1.82) is 0 Å². The van der Waals surface area contributed by atoms with Gasteiger partial charge in [-0.05, 0) is 24.0 Å². The van der Waals surface area contributed by atoms with Crippen LogP contribution in [0.2, 0.25) is 0 Å². The van der Waals surface area contributed by atoms with Gasteiger partial charge in [0.1, 0.15) is 0 Å². The lowest BCUT2D eigenvalue weighted by Crippen LogP contribution is -2.02. The van der Waals surface area contributed by atoms with Crippen molar-refractivity contribution in [2.24, 2.45) is 5.92 Å². The average molecular weight is 178 g/mol. The summed E-state index contributed by atoms with van der Waals surface area (Å²) in [6.45, 7) is 4.40. The van der Waals surface area contributed by atoms with E-state index >= 15 is 0 Å². The topological polar surface area (TPSA) is 38.0 Å². The molecule has 0 heterocycles. The number of benzene rings is 1. The second kappa shape index (κ2) is 4.17. The minimum Gasteiger partial charge on any atom is -0.397 e. The van der Waals surface area contributed by atoms with Gasteiger partial charge >= 0.3 is 0 Å². The SMILES string of the molecule is CNc1cccc(CC(C)C)c1N. The van der Waals surface area contributed by atoms with Crippen molar-refractivity contribution in [2.75, 3.05) is 18.1 Å². The van der Waals surface area contributed by atoms with Gasteiger partial charge in [-0.15, -0.1) is 0 Å². The fourth-order valence-corrected chi connectivity index (χ4v) is 1.45. The zero-order valence-corrected chi connectivity index (χ0v) is 8.59. The highest BCUT2D eigenvalue weighted by molar-refractivity contribution is 5.69. The average Bonchev–Trinajstić information content (AvgIpc) is 2.08. The van der Waals surface area contributed by atoms with Crippen LogP contribution < -0.4 is 11.1 Å². The first-order valence-corrected chi connectivity index (χ1v) is 4.70. The van der Waals surface area contributed by atoms with Gasteiger partial charge in [0.05, 0.1) is 11.4 Å². The minimum atomic E-state index is 0.648. The Balaban J connectivity index is 2.94. The van der Waals surface area contributed by atoms with Crippen LogP contribution in [-0.2, 0) is 6.42 Å². The van der Waals surface area contributed by atoms with Gasteiger partial charge in [-0.3, -0.25) is 0 Å². The zero-order chi connectivity index (χ0) is 9.84. The van der Waals surface area contributed by atoms with Crippen LogP contribution in [0.15, 0.2) is 18.2 Å². The van der Waals surface area contributed by atoms with E-state index in [0.717, 1.165) is 17.8 Å². The maximum absolute atomic E-state index is 5.98. The molecule has 0 radical (unpaired) electrons. The standard InChI is InChI=1S/C11H18N2/c1-8(2)7-9-5-4-6-10(13-3)11(9)12/h4-6,8,13H,7,12H2,1-3H3. The maximum Gasteiger partial charge on any atom is 0.0582 e. The molecule has 0 aromatic heterocycles. The number of hydrogen-bond donors (Lipinski definition) is 2. The molecule has 0 fully saturated rings. The zero-order valence-electron chi connectivity index (χ0n) is 8.59. The first kappa shape index (κ1) is 9.90. The summed E-state index contributed by atoms with van der Waals surface area (Å²) >= 11 is 0. The highest BCUT2D eigenvalue weighted by atomic mass is 14.8. The lowest BCUT2D eigenvalue weighted by molar-refractivity contribution is 0.648. The Bertz CT molecular complexity index is 279. The summed E-state index contributed by atoms with van der Waals surface area (Å²) in [6, 6.07) is 6.13. The summed E-state index contributed by atoms with van der Waals surface area (Å²) in [4.78, 5) is 0. The molecule has 0 aliphatic rings. The third-order valence-electron chi connectivity index (χ3n) is 2.09. The van der Waals surface area contributed by atoms with E-state index in [1.165, 1.54) is 5.56 Å². The van der Waals surface area contributed by atoms with Gasteiger partial charge in [0.15, 0.2) is 0 Å². The molecule has 2 nitrogen and oxygen atoms in total. The smallest absolute Gasteiger partial charge is 0.0582 e. The number of nitrogens with one attached hydrogen (secondary N) is 1. The van der Waals surface area contributed by atoms with Crippen LogP contribution in [0.5, 0.6) is 0 Å². The first-order chi connectivity index (χ1) is 6.15. The van der Waals surface area contributed by atoms with E-state index in [1.54, 1.807) is 0 Å². The van der Waals surface area contributed by atoms with Crippen molar-refractivity contribution in [3.63, 3.8) is 0 Å². The van der Waals surface area contributed by atoms with Crippen LogP contribution >= 0.6 is 0 Å². The summed E-state index contributed by atoms with van der Waals surface area (Å²) in [7, 11) is 1.89. The monoisotopic (exact) mass is 178 g/mol. The van der Waals surface area contributed by atoms with Gasteiger partial charge in [0.25, 0.3) is 0 Å². The molecule has 1 rings (SSSR count). The predicted molar refractivity (Wildman–Crippen MR) is 58.9 cm³/mol. The van der Waals surface area contributed by atoms with Crippen LogP contribution in [0.4, 0.5) is 11.4 Å². The number of para-hydroxylation sites is 1. The predicted octanol–water partition coefficient (Wildman–Crippen LogP) is 2.51. The number of nitrogens with two attached hydrogens (primary N) is 1. The molecule has 0 spiro atoms. The quantitative estimate of drug-likeness (QED) is 0.698. The fraction of sp³-hybridized carbons (Fsp3) is 0.455. The third-order valence-corrected chi connectivity index (χ3v) is 2.09. The molecule has 2 heteroatoms. The van der Waals surface area contributed by atoms with Gasteiger partial charge in [0.2, 0.25) is 0 Å². The van der Waals surface area contributed by atoms with Crippen LogP contribution in [0.3, 0.4) is 0 Å². The Morgan fingerprint density at radius 3 is 2.62 bits per heavy atom. The van der Waals surface area contributed by atoms with Gasteiger partial charge in [-0.2, -0.15) is 0 Å². The molecule has 3 N–H and O–H groups in total. The molecule has 0 saturated carbocycles. The lowest BCUT2D eigenvalue weighted by Gasteiger charge is -2.11. The molecule has 0 atom stereocenters. The van der Waals surface area contributed by atoms with E-state index in [2.05, 4.69) is 25.2 Å². The Kier molecular flexibility index (Phi) is 3.18. The second-order valence-electron chi connectivity index (χ2n) is 3.73. The van der Waals surface area contributed by atoms with E-state index in [9.17, 15) is 0 Å². The van der Waals surface area contributed by atoms with E-state index in [-0.39, 0.29) is 0 Å². The van der Waals surface area contributed by atoms with E-state index in [4.69, 9.17) is 5.73 Å². The fourth-order valence-electron chi connectivity index (χ4n) is 1.45. The van der Waals surface area contributed by atoms with Crippen molar-refractivity contribution in [2.45, 2.75) is 20.3 Å². The van der Waals surface area contributed by atoms with Crippen LogP contribution in [-0.4, -0.2) is 7.05 Å². The van der Waals surface area contributed by atoms with E-state index in [1.807, 2.05) is 19.2 Å². The minimum absolute atomic E-state index is 0.648. The van der Waals surface area contributed by atoms with E-state index in [0.29, 0.717) is 5.92 Å². The highest BCUT2D eigenvalue weighted by Gasteiger charge is 2.04. The highest BCUT2D eigenvalue weighted by Crippen LogP contribution is 2.24. The summed E-state index contributed by atoms with van der Waals surface area (Å²) in [6.07, 6.45) is 1.04. The Labute approximate surface area is 80.1 Å². The Morgan fingerprint density at radius 2 is 2.08 bits per heavy atom. The van der Waals surface area contributed by atoms with Crippen molar-refractivity contribution >= 4 is 11.4 Å². The van der Waals surface area contributed by atoms with Gasteiger partial charge in [-0.25, -0.2) is 0 Å². The van der Waals surface area contributed by atoms with Crippen LogP contribution in [0, 0.1) is 5.92 Å². The van der Waals surface area contributed by atoms with Gasteiger partial charge in [-0.1, -0.05) is 26.0 Å². The molecule has 0 aliphatic heterocycles. The van der Waals surface area contributed by atoms with Crippen molar-refractivity contribution < 1.29 is 0 Å². The van der Waals surface area contributed by atoms with Crippen LogP contribution in [0.1, 0.15) is 19.4 Å². The van der Waals surface area contributed by atoms with Crippen molar-refractivity contribution in [3.8, 4) is 0 Å². The molecular weight excluding hydrogens is 160 g/mol. The summed E-state index contributed by atoms with van der Waals surface area (Å²) in [5.74, 6) is 0.648. The Hall–Kier alpha value is -1.18. The molecule has 1 aromatic carbocycles. The molecule has 72 valence electrons. The van der Waals surface area contributed by atoms with Crippen LogP contribution in [0.25, 0.3) is 0 Å². The maximum atomic E-state index is 5.98. The van der Waals surface area contributed by atoms with Crippen molar-refractivity contribution in [3.05, 3.63) is 23.8 Å². The molecule has 0 aliphatic carbocycles. The van der Waals surface area contributed by atoms with Gasteiger partial charge in [0, 0.05) is 7.05 Å². The molecule has 1 aromatic rings. The molecule has 13 heavy (non-hydrogen) atoms. The van der Waals surface area contributed by atoms with E-state index < -0.39 is 0 Å². The summed E-state index contributed by atoms with van der Waals surface area (Å²) in [5.41, 5.74) is 9.13. The Morgan fingerprint density at radius 1 is 1.38 bits per heavy atom. The summed E-state index contributed by atoms with van der Waals surface area (Å²) in [5, 5.41) is 3.08. The van der Waals surface area contributed by atoms with Gasteiger partial charge < -0.3 is 11.1 Å². The molecule has 0 amide bonds. The number of rotatable bonds is 3. The molecule has 0 saturated heterocycles.